The molecule has 122 valence electrons. The Morgan fingerprint density at radius 2 is 1.95 bits per heavy atom. The van der Waals surface area contributed by atoms with Crippen molar-refractivity contribution in [1.29, 1.82) is 0 Å². The van der Waals surface area contributed by atoms with Crippen LogP contribution in [0.2, 0.25) is 0 Å². The van der Waals surface area contributed by atoms with E-state index < -0.39 is 5.60 Å². The van der Waals surface area contributed by atoms with Crippen LogP contribution < -0.4 is 10.6 Å². The van der Waals surface area contributed by atoms with Crippen molar-refractivity contribution in [2.45, 2.75) is 51.7 Å². The number of hydrogen-bond acceptors (Lipinski definition) is 4. The summed E-state index contributed by atoms with van der Waals surface area (Å²) in [5, 5.41) is 6.26. The third-order valence-corrected chi connectivity index (χ3v) is 3.41. The first-order chi connectivity index (χ1) is 9.87. The smallest absolute Gasteiger partial charge is 0.407 e. The van der Waals surface area contributed by atoms with Crippen LogP contribution in [0.3, 0.4) is 0 Å². The van der Waals surface area contributed by atoms with Crippen LogP contribution in [-0.4, -0.2) is 55.9 Å². The van der Waals surface area contributed by atoms with Gasteiger partial charge in [0, 0.05) is 19.1 Å². The summed E-state index contributed by atoms with van der Waals surface area (Å²) < 4.78 is 5.16. The van der Waals surface area contributed by atoms with Crippen LogP contribution in [0.5, 0.6) is 0 Å². The van der Waals surface area contributed by atoms with E-state index in [1.54, 1.807) is 0 Å². The molecule has 2 N–H and O–H groups in total. The van der Waals surface area contributed by atoms with Gasteiger partial charge in [-0.2, -0.15) is 0 Å². The molecule has 1 unspecified atom stereocenters. The number of hydrogen-bond donors (Lipinski definition) is 2. The van der Waals surface area contributed by atoms with Crippen molar-refractivity contribution < 1.29 is 9.53 Å². The SMILES string of the molecule is CN1CCCC(NC/C=C/CNC(=O)OC(C)(C)C)CC1. The van der Waals surface area contributed by atoms with E-state index in [2.05, 4.69) is 28.7 Å². The van der Waals surface area contributed by atoms with Crippen LogP contribution in [0.15, 0.2) is 12.2 Å². The van der Waals surface area contributed by atoms with E-state index in [9.17, 15) is 4.79 Å². The van der Waals surface area contributed by atoms with Gasteiger partial charge in [0.05, 0.1) is 0 Å². The number of likely N-dealkylation sites (tertiary alicyclic amines) is 1. The largest absolute Gasteiger partial charge is 0.444 e. The molecule has 0 aromatic heterocycles. The maximum absolute atomic E-state index is 11.4. The van der Waals surface area contributed by atoms with Crippen molar-refractivity contribution in [3.05, 3.63) is 12.2 Å². The highest BCUT2D eigenvalue weighted by Gasteiger charge is 2.15. The van der Waals surface area contributed by atoms with E-state index >= 15 is 0 Å². The molecule has 21 heavy (non-hydrogen) atoms. The van der Waals surface area contributed by atoms with Crippen molar-refractivity contribution in [2.75, 3.05) is 33.2 Å². The molecule has 0 aromatic carbocycles. The Morgan fingerprint density at radius 3 is 2.67 bits per heavy atom. The van der Waals surface area contributed by atoms with Gasteiger partial charge in [-0.1, -0.05) is 12.2 Å². The number of carbonyl (C=O) groups excluding carboxylic acids is 1. The fraction of sp³-hybridized carbons (Fsp3) is 0.812. The summed E-state index contributed by atoms with van der Waals surface area (Å²) in [6, 6.07) is 0.610. The molecule has 1 aliphatic rings. The molecular weight excluding hydrogens is 266 g/mol. The molecule has 0 aromatic rings. The van der Waals surface area contributed by atoms with E-state index in [-0.39, 0.29) is 6.09 Å². The molecule has 0 radical (unpaired) electrons. The fourth-order valence-electron chi connectivity index (χ4n) is 2.30. The van der Waals surface area contributed by atoms with Crippen molar-refractivity contribution >= 4 is 6.09 Å². The minimum Gasteiger partial charge on any atom is -0.444 e. The van der Waals surface area contributed by atoms with Gasteiger partial charge in [-0.15, -0.1) is 0 Å². The highest BCUT2D eigenvalue weighted by atomic mass is 16.6. The van der Waals surface area contributed by atoms with Crippen molar-refractivity contribution in [1.82, 2.24) is 15.5 Å². The minimum atomic E-state index is -0.442. The molecule has 1 heterocycles. The van der Waals surface area contributed by atoms with Gasteiger partial charge in [0.25, 0.3) is 0 Å². The van der Waals surface area contributed by atoms with Crippen LogP contribution >= 0.6 is 0 Å². The third kappa shape index (κ3) is 9.47. The second kappa shape index (κ2) is 9.05. The molecule has 5 heteroatoms. The molecular formula is C16H31N3O2. The van der Waals surface area contributed by atoms with E-state index in [1.165, 1.54) is 32.4 Å². The van der Waals surface area contributed by atoms with E-state index in [4.69, 9.17) is 4.74 Å². The second-order valence-electron chi connectivity index (χ2n) is 6.69. The number of amides is 1. The van der Waals surface area contributed by atoms with Gasteiger partial charge < -0.3 is 20.3 Å². The molecule has 0 bridgehead atoms. The van der Waals surface area contributed by atoms with Crippen molar-refractivity contribution in [3.63, 3.8) is 0 Å². The first-order valence-electron chi connectivity index (χ1n) is 7.90. The summed E-state index contributed by atoms with van der Waals surface area (Å²) in [6.07, 6.45) is 7.37. The van der Waals surface area contributed by atoms with E-state index in [0.29, 0.717) is 12.6 Å². The van der Waals surface area contributed by atoms with Gasteiger partial charge in [-0.3, -0.25) is 0 Å². The molecule has 5 nitrogen and oxygen atoms in total. The topological polar surface area (TPSA) is 53.6 Å². The summed E-state index contributed by atoms with van der Waals surface area (Å²) in [7, 11) is 2.19. The van der Waals surface area contributed by atoms with Crippen LogP contribution in [-0.2, 0) is 4.74 Å². The van der Waals surface area contributed by atoms with Gasteiger partial charge in [0.15, 0.2) is 0 Å². The predicted octanol–water partition coefficient (Wildman–Crippen LogP) is 2.14. The van der Waals surface area contributed by atoms with Crippen LogP contribution in [0.1, 0.15) is 40.0 Å². The molecule has 0 aliphatic carbocycles. The number of carbonyl (C=O) groups is 1. The van der Waals surface area contributed by atoms with Crippen LogP contribution in [0, 0.1) is 0 Å². The average Bonchev–Trinajstić information content (AvgIpc) is 2.56. The first kappa shape index (κ1) is 18.0. The average molecular weight is 297 g/mol. The first-order valence-corrected chi connectivity index (χ1v) is 7.90. The Balaban J connectivity index is 2.08. The number of nitrogens with zero attached hydrogens (tertiary/aromatic N) is 1. The highest BCUT2D eigenvalue weighted by molar-refractivity contribution is 5.67. The Hall–Kier alpha value is -1.07. The zero-order valence-corrected chi connectivity index (χ0v) is 13.9. The number of rotatable bonds is 5. The zero-order chi connectivity index (χ0) is 15.7. The Kier molecular flexibility index (Phi) is 7.75. The maximum Gasteiger partial charge on any atom is 0.407 e. The second-order valence-corrected chi connectivity index (χ2v) is 6.69. The molecule has 0 spiro atoms. The molecule has 1 amide bonds. The molecule has 1 atom stereocenters. The van der Waals surface area contributed by atoms with Crippen LogP contribution in [0.25, 0.3) is 0 Å². The lowest BCUT2D eigenvalue weighted by molar-refractivity contribution is 0.0534. The Bertz CT molecular complexity index is 337. The summed E-state index contributed by atoms with van der Waals surface area (Å²) in [5.41, 5.74) is -0.442. The molecule has 1 fully saturated rings. The summed E-state index contributed by atoms with van der Waals surface area (Å²) in [6.45, 7) is 9.30. The quantitative estimate of drug-likeness (QED) is 0.764. The van der Waals surface area contributed by atoms with Crippen molar-refractivity contribution in [3.8, 4) is 0 Å². The summed E-state index contributed by atoms with van der Waals surface area (Å²) in [4.78, 5) is 13.8. The lowest BCUT2D eigenvalue weighted by atomic mass is 10.1. The maximum atomic E-state index is 11.4. The van der Waals surface area contributed by atoms with E-state index in [0.717, 1.165) is 6.54 Å². The Labute approximate surface area is 129 Å². The lowest BCUT2D eigenvalue weighted by Crippen LogP contribution is -2.32. The van der Waals surface area contributed by atoms with E-state index in [1.807, 2.05) is 26.8 Å². The van der Waals surface area contributed by atoms with Gasteiger partial charge in [-0.25, -0.2) is 4.79 Å². The van der Waals surface area contributed by atoms with Gasteiger partial charge in [0.1, 0.15) is 5.60 Å². The molecule has 1 aliphatic heterocycles. The summed E-state index contributed by atoms with van der Waals surface area (Å²) in [5.74, 6) is 0. The Morgan fingerprint density at radius 1 is 1.24 bits per heavy atom. The standard InChI is InChI=1S/C16H31N3O2/c1-16(2,3)21-15(20)18-11-6-5-10-17-14-8-7-12-19(4)13-9-14/h5-6,14,17H,7-13H2,1-4H3,(H,18,20)/b6-5+. The summed E-state index contributed by atoms with van der Waals surface area (Å²) >= 11 is 0. The lowest BCUT2D eigenvalue weighted by Gasteiger charge is -2.19. The predicted molar refractivity (Wildman–Crippen MR) is 86.5 cm³/mol. The van der Waals surface area contributed by atoms with Gasteiger partial charge >= 0.3 is 6.09 Å². The number of ether oxygens (including phenoxy) is 1. The normalized spacial score (nSPS) is 21.2. The number of alkyl carbamates (subject to hydrolysis) is 1. The molecule has 1 saturated heterocycles. The molecule has 1 rings (SSSR count). The molecule has 0 saturated carbocycles. The zero-order valence-electron chi connectivity index (χ0n) is 13.9. The van der Waals surface area contributed by atoms with Gasteiger partial charge in [0.2, 0.25) is 0 Å². The highest BCUT2D eigenvalue weighted by Crippen LogP contribution is 2.09. The third-order valence-electron chi connectivity index (χ3n) is 3.41. The van der Waals surface area contributed by atoms with Crippen molar-refractivity contribution in [2.24, 2.45) is 0 Å². The fourth-order valence-corrected chi connectivity index (χ4v) is 2.30. The monoisotopic (exact) mass is 297 g/mol. The van der Waals surface area contributed by atoms with Crippen LogP contribution in [0.4, 0.5) is 4.79 Å². The van der Waals surface area contributed by atoms with Gasteiger partial charge in [-0.05, 0) is 60.2 Å². The number of nitrogens with one attached hydrogen (secondary N) is 2. The minimum absolute atomic E-state index is 0.369.